The van der Waals surface area contributed by atoms with Gasteiger partial charge < -0.3 is 15.0 Å². The maximum absolute atomic E-state index is 12.6. The predicted octanol–water partition coefficient (Wildman–Crippen LogP) is 2.30. The average molecular weight is 343 g/mol. The minimum atomic E-state index is 0.134. The van der Waals surface area contributed by atoms with Gasteiger partial charge in [0.05, 0.1) is 13.2 Å². The lowest BCUT2D eigenvalue weighted by molar-refractivity contribution is 0.0249. The van der Waals surface area contributed by atoms with Gasteiger partial charge in [-0.2, -0.15) is 0 Å². The first-order valence-corrected chi connectivity index (χ1v) is 9.70. The van der Waals surface area contributed by atoms with E-state index < -0.39 is 0 Å². The van der Waals surface area contributed by atoms with Gasteiger partial charge in [-0.25, -0.2) is 4.79 Å². The molecule has 1 N–H and O–H groups in total. The number of carbonyl (C=O) groups excluding carboxylic acids is 1. The first-order valence-electron chi connectivity index (χ1n) is 9.70. The normalized spacial score (nSPS) is 30.1. The molecule has 0 aromatic heterocycles. The van der Waals surface area contributed by atoms with E-state index in [0.29, 0.717) is 17.9 Å². The minimum absolute atomic E-state index is 0.134. The van der Waals surface area contributed by atoms with Crippen LogP contribution in [0.25, 0.3) is 0 Å². The Morgan fingerprint density at radius 1 is 1.16 bits per heavy atom. The van der Waals surface area contributed by atoms with E-state index in [1.54, 1.807) is 0 Å². The third-order valence-electron chi connectivity index (χ3n) is 5.75. The number of carbonyl (C=O) groups is 1. The lowest BCUT2D eigenvalue weighted by atomic mass is 9.97. The Kier molecular flexibility index (Phi) is 5.22. The summed E-state index contributed by atoms with van der Waals surface area (Å²) in [5.74, 6) is 1.10. The summed E-state index contributed by atoms with van der Waals surface area (Å²) in [6, 6.07) is 11.0. The van der Waals surface area contributed by atoms with Crippen LogP contribution in [0.3, 0.4) is 0 Å². The maximum atomic E-state index is 12.6. The van der Waals surface area contributed by atoms with Crippen LogP contribution in [0.2, 0.25) is 0 Å². The van der Waals surface area contributed by atoms with Crippen molar-refractivity contribution in [3.63, 3.8) is 0 Å². The van der Waals surface area contributed by atoms with E-state index in [1.165, 1.54) is 12.0 Å². The number of ether oxygens (including phenoxy) is 1. The zero-order valence-electron chi connectivity index (χ0n) is 14.9. The maximum Gasteiger partial charge on any atom is 0.317 e. The van der Waals surface area contributed by atoms with E-state index >= 15 is 0 Å². The first-order chi connectivity index (χ1) is 12.3. The van der Waals surface area contributed by atoms with E-state index in [9.17, 15) is 4.79 Å². The molecule has 2 saturated heterocycles. The summed E-state index contributed by atoms with van der Waals surface area (Å²) < 4.78 is 5.43. The van der Waals surface area contributed by atoms with Gasteiger partial charge in [0.1, 0.15) is 0 Å². The van der Waals surface area contributed by atoms with Crippen LogP contribution in [-0.2, 0) is 4.74 Å². The number of hydrogen-bond acceptors (Lipinski definition) is 3. The van der Waals surface area contributed by atoms with Crippen molar-refractivity contribution in [1.29, 1.82) is 0 Å². The van der Waals surface area contributed by atoms with E-state index in [2.05, 4.69) is 34.5 Å². The molecule has 1 aromatic carbocycles. The fourth-order valence-corrected chi connectivity index (χ4v) is 4.22. The molecule has 25 heavy (non-hydrogen) atoms. The Morgan fingerprint density at radius 3 is 2.76 bits per heavy atom. The van der Waals surface area contributed by atoms with Crippen LogP contribution in [0, 0.1) is 5.92 Å². The molecule has 1 saturated carbocycles. The highest BCUT2D eigenvalue weighted by Gasteiger charge is 2.40. The van der Waals surface area contributed by atoms with Crippen molar-refractivity contribution in [2.45, 2.75) is 31.2 Å². The van der Waals surface area contributed by atoms with Crippen LogP contribution >= 0.6 is 0 Å². The Hall–Kier alpha value is -1.59. The van der Waals surface area contributed by atoms with Crippen LogP contribution in [0.4, 0.5) is 4.79 Å². The van der Waals surface area contributed by atoms with Gasteiger partial charge in [-0.1, -0.05) is 30.3 Å². The van der Waals surface area contributed by atoms with Crippen molar-refractivity contribution in [2.75, 3.05) is 45.9 Å². The molecule has 0 spiro atoms. The molecule has 3 aliphatic rings. The molecular formula is C20H29N3O2. The Bertz CT molecular complexity index is 574. The van der Waals surface area contributed by atoms with E-state index in [4.69, 9.17) is 4.74 Å². The van der Waals surface area contributed by atoms with Crippen molar-refractivity contribution in [3.05, 3.63) is 35.9 Å². The molecule has 5 heteroatoms. The van der Waals surface area contributed by atoms with Crippen molar-refractivity contribution in [2.24, 2.45) is 5.92 Å². The summed E-state index contributed by atoms with van der Waals surface area (Å²) in [6.07, 6.45) is 3.42. The highest BCUT2D eigenvalue weighted by molar-refractivity contribution is 5.75. The van der Waals surface area contributed by atoms with Gasteiger partial charge in [0, 0.05) is 44.7 Å². The SMILES string of the molecule is O=C(N[C@@H]1C[C@H]1c1ccccc1)N1CCC[C@H](CN2CCOCC2)C1. The van der Waals surface area contributed by atoms with Gasteiger partial charge in [-0.15, -0.1) is 0 Å². The summed E-state index contributed by atoms with van der Waals surface area (Å²) in [7, 11) is 0. The highest BCUT2D eigenvalue weighted by Crippen LogP contribution is 2.40. The Labute approximate surface area is 150 Å². The lowest BCUT2D eigenvalue weighted by Crippen LogP contribution is -2.49. The number of nitrogens with one attached hydrogen (secondary N) is 1. The number of rotatable bonds is 4. The van der Waals surface area contributed by atoms with E-state index in [0.717, 1.165) is 58.8 Å². The van der Waals surface area contributed by atoms with Crippen LogP contribution < -0.4 is 5.32 Å². The summed E-state index contributed by atoms with van der Waals surface area (Å²) in [5, 5.41) is 3.25. The molecule has 4 rings (SSSR count). The van der Waals surface area contributed by atoms with Crippen molar-refractivity contribution >= 4 is 6.03 Å². The molecule has 2 aliphatic heterocycles. The minimum Gasteiger partial charge on any atom is -0.379 e. The fourth-order valence-electron chi connectivity index (χ4n) is 4.22. The third kappa shape index (κ3) is 4.33. The standard InChI is InChI=1S/C20H29N3O2/c24-20(21-19-13-18(19)17-6-2-1-3-7-17)23-8-4-5-16(15-23)14-22-9-11-25-12-10-22/h1-3,6-7,16,18-19H,4-5,8-15H2,(H,21,24)/t16-,18+,19-/m1/s1. The second-order valence-corrected chi connectivity index (χ2v) is 7.68. The van der Waals surface area contributed by atoms with Crippen LogP contribution in [0.5, 0.6) is 0 Å². The molecule has 2 amide bonds. The largest absolute Gasteiger partial charge is 0.379 e. The first kappa shape index (κ1) is 16.9. The Balaban J connectivity index is 1.24. The van der Waals surface area contributed by atoms with Crippen LogP contribution in [0.1, 0.15) is 30.7 Å². The number of amides is 2. The zero-order chi connectivity index (χ0) is 17.1. The number of piperidine rings is 1. The monoisotopic (exact) mass is 343 g/mol. The van der Waals surface area contributed by atoms with Crippen molar-refractivity contribution in [1.82, 2.24) is 15.1 Å². The fraction of sp³-hybridized carbons (Fsp3) is 0.650. The molecular weight excluding hydrogens is 314 g/mol. The molecule has 1 aliphatic carbocycles. The van der Waals surface area contributed by atoms with Gasteiger partial charge >= 0.3 is 6.03 Å². The van der Waals surface area contributed by atoms with Gasteiger partial charge in [0.2, 0.25) is 0 Å². The molecule has 1 aromatic rings. The van der Waals surface area contributed by atoms with Crippen LogP contribution in [0.15, 0.2) is 30.3 Å². The molecule has 0 bridgehead atoms. The smallest absolute Gasteiger partial charge is 0.317 e. The molecule has 0 unspecified atom stereocenters. The summed E-state index contributed by atoms with van der Waals surface area (Å²) in [6.45, 7) is 6.65. The van der Waals surface area contributed by atoms with E-state index in [1.807, 2.05) is 11.0 Å². The van der Waals surface area contributed by atoms with Gasteiger partial charge in [-0.3, -0.25) is 4.90 Å². The van der Waals surface area contributed by atoms with Gasteiger partial charge in [-0.05, 0) is 30.7 Å². The number of morpholine rings is 1. The molecule has 2 heterocycles. The van der Waals surface area contributed by atoms with Crippen LogP contribution in [-0.4, -0.2) is 67.8 Å². The quantitative estimate of drug-likeness (QED) is 0.912. The molecule has 3 atom stereocenters. The summed E-state index contributed by atoms with van der Waals surface area (Å²) in [5.41, 5.74) is 1.34. The molecule has 136 valence electrons. The molecule has 3 fully saturated rings. The summed E-state index contributed by atoms with van der Waals surface area (Å²) >= 11 is 0. The number of nitrogens with zero attached hydrogens (tertiary/aromatic N) is 2. The number of likely N-dealkylation sites (tertiary alicyclic amines) is 1. The Morgan fingerprint density at radius 2 is 1.96 bits per heavy atom. The van der Waals surface area contributed by atoms with Gasteiger partial charge in [0.15, 0.2) is 0 Å². The number of hydrogen-bond donors (Lipinski definition) is 1. The number of benzene rings is 1. The van der Waals surface area contributed by atoms with E-state index in [-0.39, 0.29) is 6.03 Å². The molecule has 5 nitrogen and oxygen atoms in total. The third-order valence-corrected chi connectivity index (χ3v) is 5.75. The average Bonchev–Trinajstić information content (AvgIpc) is 3.43. The predicted molar refractivity (Wildman–Crippen MR) is 97.7 cm³/mol. The second kappa shape index (κ2) is 7.75. The highest BCUT2D eigenvalue weighted by atomic mass is 16.5. The number of urea groups is 1. The van der Waals surface area contributed by atoms with Gasteiger partial charge in [0.25, 0.3) is 0 Å². The lowest BCUT2D eigenvalue weighted by Gasteiger charge is -2.36. The van der Waals surface area contributed by atoms with Crippen molar-refractivity contribution in [3.8, 4) is 0 Å². The second-order valence-electron chi connectivity index (χ2n) is 7.68. The topological polar surface area (TPSA) is 44.8 Å². The zero-order valence-corrected chi connectivity index (χ0v) is 14.9. The summed E-state index contributed by atoms with van der Waals surface area (Å²) in [4.78, 5) is 17.2. The van der Waals surface area contributed by atoms with Crippen molar-refractivity contribution < 1.29 is 9.53 Å². The molecule has 0 radical (unpaired) electrons.